The molecule has 0 saturated heterocycles. The third kappa shape index (κ3) is 5.70. The van der Waals surface area contributed by atoms with Crippen molar-refractivity contribution in [1.82, 2.24) is 0 Å². The number of para-hydroxylation sites is 2. The Balaban J connectivity index is 0. The predicted octanol–water partition coefficient (Wildman–Crippen LogP) is 4.12. The smallest absolute Gasteiger partial charge is 0.124 e. The van der Waals surface area contributed by atoms with Crippen molar-refractivity contribution in [3.63, 3.8) is 0 Å². The van der Waals surface area contributed by atoms with Crippen molar-refractivity contribution >= 4 is 24.8 Å². The summed E-state index contributed by atoms with van der Waals surface area (Å²) in [4.78, 5) is 0. The molecule has 2 aromatic rings. The molecule has 0 aliphatic rings. The summed E-state index contributed by atoms with van der Waals surface area (Å²) in [5.74, 6) is 1.58. The van der Waals surface area contributed by atoms with E-state index in [1.54, 1.807) is 0 Å². The first-order chi connectivity index (χ1) is 6.45. The summed E-state index contributed by atoms with van der Waals surface area (Å²) in [6.07, 6.45) is 0. The number of benzene rings is 2. The van der Waals surface area contributed by atoms with Crippen LogP contribution in [0.5, 0.6) is 11.5 Å². The monoisotopic (exact) mass is 331 g/mol. The van der Waals surface area contributed by atoms with Crippen LogP contribution < -0.4 is 4.74 Å². The Bertz CT molecular complexity index is 330. The minimum absolute atomic E-state index is 0. The van der Waals surface area contributed by atoms with Crippen LogP contribution in [0.4, 0.5) is 0 Å². The van der Waals surface area contributed by atoms with Crippen molar-refractivity contribution in [2.24, 2.45) is 0 Å². The summed E-state index contributed by atoms with van der Waals surface area (Å²) in [6.45, 7) is 0. The first-order valence-electron chi connectivity index (χ1n) is 4.15. The largest absolute Gasteiger partial charge is 0.483 e. The van der Waals surface area contributed by atoms with Crippen LogP contribution in [0.2, 0.25) is 0 Å². The van der Waals surface area contributed by atoms with Crippen LogP contribution in [-0.4, -0.2) is 0 Å². The maximum atomic E-state index is 5.52. The molecule has 0 aromatic heterocycles. The Morgan fingerprint density at radius 1 is 0.812 bits per heavy atom. The molecule has 2 aromatic carbocycles. The van der Waals surface area contributed by atoms with Crippen LogP contribution in [0.3, 0.4) is 0 Å². The summed E-state index contributed by atoms with van der Waals surface area (Å²) in [7, 11) is 0. The van der Waals surface area contributed by atoms with E-state index in [1.807, 2.05) is 54.6 Å². The van der Waals surface area contributed by atoms with Gasteiger partial charge in [0.05, 0.1) is 0 Å². The molecule has 0 heterocycles. The second-order valence-electron chi connectivity index (χ2n) is 2.64. The molecule has 0 N–H and O–H groups in total. The van der Waals surface area contributed by atoms with Gasteiger partial charge in [-0.15, -0.1) is 36.9 Å². The molecule has 0 aliphatic heterocycles. The molecular formula is C12H11Cl2OZr-. The Labute approximate surface area is 127 Å². The van der Waals surface area contributed by atoms with Crippen molar-refractivity contribution in [2.45, 2.75) is 0 Å². The molecule has 0 amide bonds. The molecule has 0 radical (unpaired) electrons. The summed E-state index contributed by atoms with van der Waals surface area (Å²) in [6, 6.07) is 20.2. The van der Waals surface area contributed by atoms with E-state index in [1.165, 1.54) is 0 Å². The second kappa shape index (κ2) is 9.90. The second-order valence-corrected chi connectivity index (χ2v) is 2.64. The van der Waals surface area contributed by atoms with Gasteiger partial charge in [-0.05, 0) is 12.1 Å². The maximum absolute atomic E-state index is 5.52. The Morgan fingerprint density at radius 2 is 1.44 bits per heavy atom. The van der Waals surface area contributed by atoms with Crippen molar-refractivity contribution in [3.8, 4) is 11.5 Å². The molecule has 0 aliphatic carbocycles. The molecule has 4 heteroatoms. The van der Waals surface area contributed by atoms with E-state index in [-0.39, 0.29) is 51.0 Å². The maximum Gasteiger partial charge on any atom is 0.124 e. The summed E-state index contributed by atoms with van der Waals surface area (Å²) < 4.78 is 5.52. The molecule has 0 fully saturated rings. The van der Waals surface area contributed by atoms with Gasteiger partial charge in [-0.3, -0.25) is 0 Å². The summed E-state index contributed by atoms with van der Waals surface area (Å²) in [5.41, 5.74) is 0. The molecule has 1 nitrogen and oxygen atoms in total. The average Bonchev–Trinajstić information content (AvgIpc) is 2.21. The van der Waals surface area contributed by atoms with Gasteiger partial charge in [0.1, 0.15) is 5.75 Å². The zero-order valence-corrected chi connectivity index (χ0v) is 12.5. The van der Waals surface area contributed by atoms with E-state index in [0.717, 1.165) is 11.5 Å². The molecule has 0 atom stereocenters. The Morgan fingerprint density at radius 3 is 2.00 bits per heavy atom. The number of hydrogen-bond acceptors (Lipinski definition) is 1. The van der Waals surface area contributed by atoms with Gasteiger partial charge in [0, 0.05) is 32.0 Å². The summed E-state index contributed by atoms with van der Waals surface area (Å²) in [5, 5.41) is 0. The average molecular weight is 333 g/mol. The van der Waals surface area contributed by atoms with Gasteiger partial charge in [0.15, 0.2) is 0 Å². The molecule has 84 valence electrons. The van der Waals surface area contributed by atoms with E-state index >= 15 is 0 Å². The number of rotatable bonds is 2. The topological polar surface area (TPSA) is 9.23 Å². The minimum atomic E-state index is 0. The zero-order valence-electron chi connectivity index (χ0n) is 8.42. The Hall–Kier alpha value is -0.297. The quantitative estimate of drug-likeness (QED) is 0.751. The van der Waals surface area contributed by atoms with Crippen molar-refractivity contribution in [2.75, 3.05) is 0 Å². The van der Waals surface area contributed by atoms with E-state index in [0.29, 0.717) is 0 Å². The Kier molecular flexibility index (Phi) is 11.2. The van der Waals surface area contributed by atoms with Crippen LogP contribution in [-0.2, 0) is 26.2 Å². The SMILES string of the molecule is Cl.Cl.[Zr].[c-]1ccccc1Oc1ccccc1. The molecular weight excluding hydrogens is 322 g/mol. The van der Waals surface area contributed by atoms with Crippen molar-refractivity contribution in [3.05, 3.63) is 60.7 Å². The molecule has 0 bridgehead atoms. The van der Waals surface area contributed by atoms with Crippen LogP contribution >= 0.6 is 24.8 Å². The normalized spacial score (nSPS) is 7.75. The first kappa shape index (κ1) is 18.1. The van der Waals surface area contributed by atoms with E-state index in [2.05, 4.69) is 6.07 Å². The summed E-state index contributed by atoms with van der Waals surface area (Å²) >= 11 is 0. The van der Waals surface area contributed by atoms with Gasteiger partial charge < -0.3 is 4.74 Å². The molecule has 2 rings (SSSR count). The van der Waals surface area contributed by atoms with E-state index in [4.69, 9.17) is 4.74 Å². The van der Waals surface area contributed by atoms with Crippen LogP contribution in [0.1, 0.15) is 0 Å². The molecule has 16 heavy (non-hydrogen) atoms. The standard InChI is InChI=1S/C12H9O.2ClH.Zr/c1-3-7-11(8-4-1)13-12-9-5-2-6-10-12;;;/h1-9H;2*1H;/q-1;;;. The number of hydrogen-bond donors (Lipinski definition) is 0. The minimum Gasteiger partial charge on any atom is -0.483 e. The van der Waals surface area contributed by atoms with Crippen molar-refractivity contribution < 1.29 is 30.9 Å². The van der Waals surface area contributed by atoms with E-state index in [9.17, 15) is 0 Å². The van der Waals surface area contributed by atoms with Gasteiger partial charge in [0.2, 0.25) is 0 Å². The predicted molar refractivity (Wildman–Crippen MR) is 66.3 cm³/mol. The fourth-order valence-corrected chi connectivity index (χ4v) is 1.06. The number of halogens is 2. The molecule has 0 saturated carbocycles. The van der Waals surface area contributed by atoms with Gasteiger partial charge in [-0.1, -0.05) is 18.2 Å². The third-order valence-electron chi connectivity index (χ3n) is 1.65. The number of ether oxygens (including phenoxy) is 1. The fourth-order valence-electron chi connectivity index (χ4n) is 1.06. The molecule has 0 spiro atoms. The fraction of sp³-hybridized carbons (Fsp3) is 0. The van der Waals surface area contributed by atoms with Crippen molar-refractivity contribution in [1.29, 1.82) is 0 Å². The van der Waals surface area contributed by atoms with Gasteiger partial charge in [0.25, 0.3) is 0 Å². The van der Waals surface area contributed by atoms with Crippen LogP contribution in [0.25, 0.3) is 0 Å². The van der Waals surface area contributed by atoms with Crippen LogP contribution in [0.15, 0.2) is 54.6 Å². The van der Waals surface area contributed by atoms with Gasteiger partial charge in [-0.25, -0.2) is 0 Å². The van der Waals surface area contributed by atoms with Gasteiger partial charge >= 0.3 is 0 Å². The third-order valence-corrected chi connectivity index (χ3v) is 1.65. The van der Waals surface area contributed by atoms with Crippen LogP contribution in [0, 0.1) is 6.07 Å². The zero-order chi connectivity index (χ0) is 8.93. The van der Waals surface area contributed by atoms with Gasteiger partial charge in [-0.2, -0.15) is 18.2 Å². The first-order valence-corrected chi connectivity index (χ1v) is 4.15. The molecule has 0 unspecified atom stereocenters. The van der Waals surface area contributed by atoms with E-state index < -0.39 is 0 Å².